The van der Waals surface area contributed by atoms with Crippen molar-refractivity contribution >= 4 is 16.9 Å². The summed E-state index contributed by atoms with van der Waals surface area (Å²) in [6.45, 7) is 2.27. The van der Waals surface area contributed by atoms with Gasteiger partial charge in [-0.2, -0.15) is 0 Å². The van der Waals surface area contributed by atoms with E-state index in [1.54, 1.807) is 18.9 Å². The number of aromatic nitrogens is 2. The highest BCUT2D eigenvalue weighted by Crippen LogP contribution is 2.11. The van der Waals surface area contributed by atoms with Gasteiger partial charge in [0.1, 0.15) is 0 Å². The number of hydrogen-bond acceptors (Lipinski definition) is 3. The van der Waals surface area contributed by atoms with Crippen LogP contribution in [0.1, 0.15) is 12.5 Å². The topological polar surface area (TPSA) is 95.0 Å². The highest BCUT2D eigenvalue weighted by molar-refractivity contribution is 5.81. The molecule has 1 heterocycles. The second kappa shape index (κ2) is 5.27. The molecule has 0 bridgehead atoms. The van der Waals surface area contributed by atoms with Crippen LogP contribution in [0.5, 0.6) is 0 Å². The number of aromatic amines is 2. The summed E-state index contributed by atoms with van der Waals surface area (Å²) in [5.41, 5.74) is 7.97. The van der Waals surface area contributed by atoms with Gasteiger partial charge in [0.25, 0.3) is 0 Å². The van der Waals surface area contributed by atoms with Crippen molar-refractivity contribution < 1.29 is 4.79 Å². The summed E-state index contributed by atoms with van der Waals surface area (Å²) >= 11 is 0. The molecule has 0 spiro atoms. The number of amides is 1. The fraction of sp³-hybridized carbons (Fsp3) is 0.385. The molecule has 0 fully saturated rings. The van der Waals surface area contributed by atoms with Crippen molar-refractivity contribution in [2.45, 2.75) is 19.4 Å². The molecule has 19 heavy (non-hydrogen) atoms. The highest BCUT2D eigenvalue weighted by Gasteiger charge is 2.12. The Kier molecular flexibility index (Phi) is 3.71. The monoisotopic (exact) mass is 262 g/mol. The molecular weight excluding hydrogens is 244 g/mol. The second-order valence-electron chi connectivity index (χ2n) is 4.76. The summed E-state index contributed by atoms with van der Waals surface area (Å²) in [4.78, 5) is 29.8. The van der Waals surface area contributed by atoms with E-state index in [1.165, 1.54) is 0 Å². The number of carbonyl (C=O) groups excluding carboxylic acids is 1. The lowest BCUT2D eigenvalue weighted by atomic mass is 10.1. The Morgan fingerprint density at radius 3 is 2.74 bits per heavy atom. The molecule has 4 N–H and O–H groups in total. The zero-order chi connectivity index (χ0) is 14.0. The van der Waals surface area contributed by atoms with E-state index in [2.05, 4.69) is 9.97 Å². The van der Waals surface area contributed by atoms with Crippen molar-refractivity contribution in [1.82, 2.24) is 14.9 Å². The van der Waals surface area contributed by atoms with E-state index < -0.39 is 6.04 Å². The zero-order valence-corrected chi connectivity index (χ0v) is 11.1. The highest BCUT2D eigenvalue weighted by atomic mass is 16.2. The van der Waals surface area contributed by atoms with Crippen molar-refractivity contribution in [3.8, 4) is 0 Å². The van der Waals surface area contributed by atoms with Crippen LogP contribution >= 0.6 is 0 Å². The van der Waals surface area contributed by atoms with Crippen molar-refractivity contribution in [3.63, 3.8) is 0 Å². The molecule has 1 aromatic heterocycles. The summed E-state index contributed by atoms with van der Waals surface area (Å²) in [7, 11) is 1.74. The first-order valence-electron chi connectivity index (χ1n) is 6.19. The van der Waals surface area contributed by atoms with Gasteiger partial charge in [0.15, 0.2) is 0 Å². The quantitative estimate of drug-likeness (QED) is 0.734. The van der Waals surface area contributed by atoms with E-state index in [-0.39, 0.29) is 11.6 Å². The number of nitrogens with two attached hydrogens (primary N) is 1. The summed E-state index contributed by atoms with van der Waals surface area (Å²) in [6.07, 6.45) is 0.720. The first-order chi connectivity index (χ1) is 8.97. The van der Waals surface area contributed by atoms with Gasteiger partial charge in [-0.15, -0.1) is 0 Å². The van der Waals surface area contributed by atoms with Crippen molar-refractivity contribution in [1.29, 1.82) is 0 Å². The smallest absolute Gasteiger partial charge is 0.323 e. The van der Waals surface area contributed by atoms with E-state index in [1.807, 2.05) is 18.2 Å². The number of fused-ring (bicyclic) bond motifs is 1. The SMILES string of the molecule is CC(N)C(=O)N(C)CCc1ccc2[nH]c(=O)[nH]c2c1. The molecule has 0 saturated carbocycles. The van der Waals surface area contributed by atoms with Gasteiger partial charge in [-0.05, 0) is 31.0 Å². The number of likely N-dealkylation sites (N-methyl/N-ethyl adjacent to an activating group) is 1. The second-order valence-corrected chi connectivity index (χ2v) is 4.76. The Morgan fingerprint density at radius 2 is 2.05 bits per heavy atom. The van der Waals surface area contributed by atoms with Crippen LogP contribution in [-0.2, 0) is 11.2 Å². The number of imidazole rings is 1. The van der Waals surface area contributed by atoms with Crippen LogP contribution in [0.3, 0.4) is 0 Å². The molecule has 0 radical (unpaired) electrons. The molecule has 6 heteroatoms. The number of benzene rings is 1. The number of hydrogen-bond donors (Lipinski definition) is 3. The lowest BCUT2D eigenvalue weighted by Crippen LogP contribution is -2.40. The standard InChI is InChI=1S/C13H18N4O2/c1-8(14)12(18)17(2)6-5-9-3-4-10-11(7-9)16-13(19)15-10/h3-4,7-8H,5-6,14H2,1-2H3,(H2,15,16,19). The lowest BCUT2D eigenvalue weighted by molar-refractivity contribution is -0.130. The van der Waals surface area contributed by atoms with E-state index in [4.69, 9.17) is 5.73 Å². The maximum atomic E-state index is 11.6. The average molecular weight is 262 g/mol. The van der Waals surface area contributed by atoms with Crippen LogP contribution in [0.25, 0.3) is 11.0 Å². The molecule has 1 amide bonds. The Morgan fingerprint density at radius 1 is 1.37 bits per heavy atom. The summed E-state index contributed by atoms with van der Waals surface area (Å²) in [5, 5.41) is 0. The zero-order valence-electron chi connectivity index (χ0n) is 11.1. The lowest BCUT2D eigenvalue weighted by Gasteiger charge is -2.19. The van der Waals surface area contributed by atoms with Crippen LogP contribution in [0.15, 0.2) is 23.0 Å². The predicted octanol–water partition coefficient (Wildman–Crippen LogP) is 0.204. The molecule has 1 atom stereocenters. The van der Waals surface area contributed by atoms with E-state index >= 15 is 0 Å². The molecule has 1 unspecified atom stereocenters. The summed E-state index contributed by atoms with van der Waals surface area (Å²) in [5.74, 6) is -0.0730. The van der Waals surface area contributed by atoms with Crippen LogP contribution in [0.2, 0.25) is 0 Å². The van der Waals surface area contributed by atoms with Gasteiger partial charge in [-0.3, -0.25) is 4.79 Å². The molecule has 2 aromatic rings. The normalized spacial score (nSPS) is 12.6. The third kappa shape index (κ3) is 3.03. The fourth-order valence-electron chi connectivity index (χ4n) is 1.99. The van der Waals surface area contributed by atoms with Gasteiger partial charge < -0.3 is 20.6 Å². The third-order valence-electron chi connectivity index (χ3n) is 3.08. The molecule has 0 aliphatic rings. The minimum Gasteiger partial charge on any atom is -0.344 e. The van der Waals surface area contributed by atoms with Gasteiger partial charge in [-0.25, -0.2) is 4.79 Å². The Hall–Kier alpha value is -2.08. The average Bonchev–Trinajstić information content (AvgIpc) is 2.74. The molecule has 102 valence electrons. The number of nitrogens with zero attached hydrogens (tertiary/aromatic N) is 1. The van der Waals surface area contributed by atoms with Gasteiger partial charge in [0.05, 0.1) is 17.1 Å². The number of H-pyrrole nitrogens is 2. The Labute approximate surface area is 110 Å². The van der Waals surface area contributed by atoms with E-state index in [9.17, 15) is 9.59 Å². The predicted molar refractivity (Wildman–Crippen MR) is 73.9 cm³/mol. The van der Waals surface area contributed by atoms with Crippen molar-refractivity contribution in [2.75, 3.05) is 13.6 Å². The van der Waals surface area contributed by atoms with Gasteiger partial charge >= 0.3 is 5.69 Å². The first kappa shape index (κ1) is 13.4. The molecule has 6 nitrogen and oxygen atoms in total. The summed E-state index contributed by atoms with van der Waals surface area (Å²) in [6, 6.07) is 5.23. The van der Waals surface area contributed by atoms with E-state index in [0.717, 1.165) is 23.0 Å². The summed E-state index contributed by atoms with van der Waals surface area (Å²) < 4.78 is 0. The largest absolute Gasteiger partial charge is 0.344 e. The van der Waals surface area contributed by atoms with E-state index in [0.29, 0.717) is 6.54 Å². The minimum absolute atomic E-state index is 0.0730. The number of nitrogens with one attached hydrogen (secondary N) is 2. The van der Waals surface area contributed by atoms with Crippen LogP contribution < -0.4 is 11.4 Å². The Balaban J connectivity index is 2.05. The third-order valence-corrected chi connectivity index (χ3v) is 3.08. The molecular formula is C13H18N4O2. The molecule has 0 saturated heterocycles. The maximum Gasteiger partial charge on any atom is 0.323 e. The van der Waals surface area contributed by atoms with Crippen LogP contribution in [0.4, 0.5) is 0 Å². The van der Waals surface area contributed by atoms with Crippen LogP contribution in [0, 0.1) is 0 Å². The van der Waals surface area contributed by atoms with Crippen molar-refractivity contribution in [3.05, 3.63) is 34.2 Å². The van der Waals surface area contributed by atoms with Crippen LogP contribution in [-0.4, -0.2) is 40.4 Å². The Bertz CT molecular complexity index is 641. The van der Waals surface area contributed by atoms with Gasteiger partial charge in [0.2, 0.25) is 5.91 Å². The van der Waals surface area contributed by atoms with Gasteiger partial charge in [0, 0.05) is 13.6 Å². The number of carbonyl (C=O) groups is 1. The van der Waals surface area contributed by atoms with Crippen molar-refractivity contribution in [2.24, 2.45) is 5.73 Å². The molecule has 0 aliphatic carbocycles. The molecule has 0 aliphatic heterocycles. The first-order valence-corrected chi connectivity index (χ1v) is 6.19. The molecule has 2 rings (SSSR count). The molecule has 1 aromatic carbocycles. The van der Waals surface area contributed by atoms with Gasteiger partial charge in [-0.1, -0.05) is 6.07 Å². The minimum atomic E-state index is -0.478. The maximum absolute atomic E-state index is 11.6. The fourth-order valence-corrected chi connectivity index (χ4v) is 1.99. The number of rotatable bonds is 4.